The summed E-state index contributed by atoms with van der Waals surface area (Å²) in [6, 6.07) is 7.46. The van der Waals surface area contributed by atoms with E-state index in [1.807, 2.05) is 38.1 Å². The van der Waals surface area contributed by atoms with Gasteiger partial charge in [0.1, 0.15) is 5.75 Å². The minimum absolute atomic E-state index is 0.0590. The molecule has 0 saturated carbocycles. The van der Waals surface area contributed by atoms with Crippen LogP contribution in [0.5, 0.6) is 5.75 Å². The Morgan fingerprint density at radius 3 is 2.63 bits per heavy atom. The van der Waals surface area contributed by atoms with Crippen LogP contribution in [0.4, 0.5) is 0 Å². The van der Waals surface area contributed by atoms with E-state index in [2.05, 4.69) is 5.32 Å². The molecule has 19 heavy (non-hydrogen) atoms. The van der Waals surface area contributed by atoms with E-state index < -0.39 is 5.41 Å². The summed E-state index contributed by atoms with van der Waals surface area (Å²) in [6.07, 6.45) is 0.584. The molecule has 1 rings (SSSR count). The van der Waals surface area contributed by atoms with Crippen molar-refractivity contribution in [1.29, 1.82) is 0 Å². The molecule has 2 N–H and O–H groups in total. The van der Waals surface area contributed by atoms with Gasteiger partial charge in [-0.05, 0) is 25.0 Å². The average Bonchev–Trinajstić information content (AvgIpc) is 2.38. The Balaban J connectivity index is 2.81. The molecular weight excluding hydrogens is 242 g/mol. The molecule has 0 bridgehead atoms. The summed E-state index contributed by atoms with van der Waals surface area (Å²) in [5.74, 6) is 0.721. The molecule has 1 unspecified atom stereocenters. The summed E-state index contributed by atoms with van der Waals surface area (Å²) in [5, 5.41) is 11.8. The van der Waals surface area contributed by atoms with Gasteiger partial charge < -0.3 is 15.2 Å². The third-order valence-corrected chi connectivity index (χ3v) is 3.09. The van der Waals surface area contributed by atoms with Crippen molar-refractivity contribution >= 4 is 5.91 Å². The van der Waals surface area contributed by atoms with E-state index in [4.69, 9.17) is 9.84 Å². The Morgan fingerprint density at radius 1 is 1.42 bits per heavy atom. The van der Waals surface area contributed by atoms with Gasteiger partial charge in [-0.1, -0.05) is 32.0 Å². The predicted octanol–water partition coefficient (Wildman–Crippen LogP) is 1.76. The monoisotopic (exact) mass is 265 g/mol. The van der Waals surface area contributed by atoms with E-state index in [-0.39, 0.29) is 18.6 Å². The molecule has 0 saturated heterocycles. The number of para-hydroxylation sites is 1. The maximum atomic E-state index is 12.2. The normalized spacial score (nSPS) is 12.9. The van der Waals surface area contributed by atoms with Crippen molar-refractivity contribution in [3.8, 4) is 5.75 Å². The van der Waals surface area contributed by atoms with Crippen molar-refractivity contribution in [1.82, 2.24) is 5.32 Å². The third kappa shape index (κ3) is 4.24. The standard InChI is InChI=1S/C15H23NO3/c1-11(10-17)16-14(18)15(2,3)9-12-7-5-6-8-13(12)19-4/h5-8,11,17H,9-10H2,1-4H3,(H,16,18). The van der Waals surface area contributed by atoms with Crippen LogP contribution in [0.25, 0.3) is 0 Å². The molecule has 0 aliphatic rings. The van der Waals surface area contributed by atoms with Crippen LogP contribution in [-0.4, -0.2) is 30.8 Å². The van der Waals surface area contributed by atoms with Gasteiger partial charge >= 0.3 is 0 Å². The molecular formula is C15H23NO3. The Labute approximate surface area is 114 Å². The molecule has 4 nitrogen and oxygen atoms in total. The Bertz CT molecular complexity index is 429. The van der Waals surface area contributed by atoms with Crippen molar-refractivity contribution in [2.75, 3.05) is 13.7 Å². The highest BCUT2D eigenvalue weighted by molar-refractivity contribution is 5.82. The van der Waals surface area contributed by atoms with Crippen molar-refractivity contribution in [3.05, 3.63) is 29.8 Å². The molecule has 1 amide bonds. The fourth-order valence-electron chi connectivity index (χ4n) is 1.87. The van der Waals surface area contributed by atoms with Gasteiger partial charge in [-0.25, -0.2) is 0 Å². The zero-order chi connectivity index (χ0) is 14.5. The summed E-state index contributed by atoms with van der Waals surface area (Å²) in [4.78, 5) is 12.2. The smallest absolute Gasteiger partial charge is 0.226 e. The number of aliphatic hydroxyl groups excluding tert-OH is 1. The first kappa shape index (κ1) is 15.5. The van der Waals surface area contributed by atoms with Crippen LogP contribution in [0, 0.1) is 5.41 Å². The number of nitrogens with one attached hydrogen (secondary N) is 1. The number of hydrogen-bond acceptors (Lipinski definition) is 3. The van der Waals surface area contributed by atoms with Crippen LogP contribution in [0.3, 0.4) is 0 Å². The zero-order valence-corrected chi connectivity index (χ0v) is 12.1. The van der Waals surface area contributed by atoms with Crippen LogP contribution in [0.15, 0.2) is 24.3 Å². The first-order valence-electron chi connectivity index (χ1n) is 6.44. The van der Waals surface area contributed by atoms with Crippen LogP contribution >= 0.6 is 0 Å². The molecule has 0 aromatic heterocycles. The minimum Gasteiger partial charge on any atom is -0.496 e. The molecule has 0 heterocycles. The van der Waals surface area contributed by atoms with E-state index in [9.17, 15) is 4.79 Å². The van der Waals surface area contributed by atoms with Gasteiger partial charge in [-0.15, -0.1) is 0 Å². The number of aliphatic hydroxyl groups is 1. The predicted molar refractivity (Wildman–Crippen MR) is 75.2 cm³/mol. The summed E-state index contributed by atoms with van der Waals surface area (Å²) in [5.41, 5.74) is 0.444. The van der Waals surface area contributed by atoms with Crippen molar-refractivity contribution in [3.63, 3.8) is 0 Å². The molecule has 0 fully saturated rings. The number of ether oxygens (including phenoxy) is 1. The molecule has 1 aromatic carbocycles. The van der Waals surface area contributed by atoms with Gasteiger partial charge in [0.25, 0.3) is 0 Å². The largest absolute Gasteiger partial charge is 0.496 e. The second kappa shape index (κ2) is 6.57. The lowest BCUT2D eigenvalue weighted by Gasteiger charge is -2.26. The summed E-state index contributed by atoms with van der Waals surface area (Å²) < 4.78 is 5.30. The molecule has 4 heteroatoms. The Morgan fingerprint density at radius 2 is 2.05 bits per heavy atom. The summed E-state index contributed by atoms with van der Waals surface area (Å²) >= 11 is 0. The molecule has 1 atom stereocenters. The van der Waals surface area contributed by atoms with Crippen molar-refractivity contribution < 1.29 is 14.6 Å². The maximum Gasteiger partial charge on any atom is 0.226 e. The molecule has 106 valence electrons. The number of carbonyl (C=O) groups is 1. The SMILES string of the molecule is COc1ccccc1CC(C)(C)C(=O)NC(C)CO. The summed E-state index contributed by atoms with van der Waals surface area (Å²) in [7, 11) is 1.62. The second-order valence-electron chi connectivity index (χ2n) is 5.43. The number of rotatable bonds is 6. The molecule has 0 aliphatic carbocycles. The van der Waals surface area contributed by atoms with E-state index in [1.165, 1.54) is 0 Å². The molecule has 0 spiro atoms. The van der Waals surface area contributed by atoms with E-state index in [0.717, 1.165) is 11.3 Å². The number of benzene rings is 1. The van der Waals surface area contributed by atoms with Gasteiger partial charge in [0.15, 0.2) is 0 Å². The quantitative estimate of drug-likeness (QED) is 0.824. The first-order valence-corrected chi connectivity index (χ1v) is 6.44. The number of amides is 1. The van der Waals surface area contributed by atoms with Gasteiger partial charge in [0.05, 0.1) is 13.7 Å². The molecule has 0 radical (unpaired) electrons. The van der Waals surface area contributed by atoms with Crippen LogP contribution in [-0.2, 0) is 11.2 Å². The third-order valence-electron chi connectivity index (χ3n) is 3.09. The average molecular weight is 265 g/mol. The van der Waals surface area contributed by atoms with Crippen LogP contribution in [0.1, 0.15) is 26.3 Å². The van der Waals surface area contributed by atoms with Crippen LogP contribution in [0.2, 0.25) is 0 Å². The minimum atomic E-state index is -0.557. The lowest BCUT2D eigenvalue weighted by Crippen LogP contribution is -2.44. The van der Waals surface area contributed by atoms with Gasteiger partial charge in [-0.2, -0.15) is 0 Å². The maximum absolute atomic E-state index is 12.2. The Kier molecular flexibility index (Phi) is 5.36. The fraction of sp³-hybridized carbons (Fsp3) is 0.533. The number of methoxy groups -OCH3 is 1. The fourth-order valence-corrected chi connectivity index (χ4v) is 1.87. The van der Waals surface area contributed by atoms with E-state index >= 15 is 0 Å². The number of hydrogen-bond donors (Lipinski definition) is 2. The topological polar surface area (TPSA) is 58.6 Å². The number of carbonyl (C=O) groups excluding carboxylic acids is 1. The van der Waals surface area contributed by atoms with Crippen LogP contribution < -0.4 is 10.1 Å². The zero-order valence-electron chi connectivity index (χ0n) is 12.1. The second-order valence-corrected chi connectivity index (χ2v) is 5.43. The van der Waals surface area contributed by atoms with Gasteiger partial charge in [0.2, 0.25) is 5.91 Å². The molecule has 0 aliphatic heterocycles. The highest BCUT2D eigenvalue weighted by atomic mass is 16.5. The summed E-state index contributed by atoms with van der Waals surface area (Å²) in [6.45, 7) is 5.49. The first-order chi connectivity index (χ1) is 8.90. The lowest BCUT2D eigenvalue weighted by molar-refractivity contribution is -0.130. The van der Waals surface area contributed by atoms with Gasteiger partial charge in [-0.3, -0.25) is 4.79 Å². The highest BCUT2D eigenvalue weighted by Crippen LogP contribution is 2.27. The highest BCUT2D eigenvalue weighted by Gasteiger charge is 2.29. The van der Waals surface area contributed by atoms with Gasteiger partial charge in [0, 0.05) is 11.5 Å². The van der Waals surface area contributed by atoms with Crippen molar-refractivity contribution in [2.45, 2.75) is 33.2 Å². The Hall–Kier alpha value is -1.55. The molecule has 1 aromatic rings. The van der Waals surface area contributed by atoms with E-state index in [0.29, 0.717) is 6.42 Å². The van der Waals surface area contributed by atoms with Crippen molar-refractivity contribution in [2.24, 2.45) is 5.41 Å². The van der Waals surface area contributed by atoms with E-state index in [1.54, 1.807) is 14.0 Å². The lowest BCUT2D eigenvalue weighted by atomic mass is 9.84.